The summed E-state index contributed by atoms with van der Waals surface area (Å²) in [6.45, 7) is 8.29. The fraction of sp³-hybridized carbons (Fsp3) is 0.241. The van der Waals surface area contributed by atoms with Crippen molar-refractivity contribution in [2.75, 3.05) is 11.9 Å². The highest BCUT2D eigenvalue weighted by molar-refractivity contribution is 7.89. The van der Waals surface area contributed by atoms with Crippen LogP contribution in [0.5, 0.6) is 0 Å². The quantitative estimate of drug-likeness (QED) is 0.360. The fourth-order valence-electron chi connectivity index (χ4n) is 3.60. The number of amides is 1. The predicted molar refractivity (Wildman–Crippen MR) is 145 cm³/mol. The molecule has 0 saturated carbocycles. The number of nitrogens with one attached hydrogen (secondary N) is 2. The van der Waals surface area contributed by atoms with Gasteiger partial charge in [-0.05, 0) is 70.5 Å². The zero-order valence-corrected chi connectivity index (χ0v) is 21.8. The van der Waals surface area contributed by atoms with E-state index in [0.29, 0.717) is 17.8 Å². The summed E-state index contributed by atoms with van der Waals surface area (Å²) in [5.41, 5.74) is 4.66. The number of carbonyl (C=O) groups is 1. The van der Waals surface area contributed by atoms with Gasteiger partial charge in [0.2, 0.25) is 15.9 Å². The van der Waals surface area contributed by atoms with Crippen LogP contribution in [0.25, 0.3) is 16.7 Å². The van der Waals surface area contributed by atoms with E-state index in [1.165, 1.54) is 0 Å². The zero-order valence-electron chi connectivity index (χ0n) is 20.9. The van der Waals surface area contributed by atoms with Crippen LogP contribution in [-0.4, -0.2) is 20.9 Å². The maximum atomic E-state index is 12.7. The molecule has 0 saturated heterocycles. The van der Waals surface area contributed by atoms with E-state index in [1.54, 1.807) is 54.6 Å². The van der Waals surface area contributed by atoms with Gasteiger partial charge in [0.05, 0.1) is 16.5 Å². The van der Waals surface area contributed by atoms with Crippen LogP contribution in [0.1, 0.15) is 38.8 Å². The summed E-state index contributed by atoms with van der Waals surface area (Å²) in [4.78, 5) is 12.9. The van der Waals surface area contributed by atoms with Gasteiger partial charge < -0.3 is 5.32 Å². The van der Waals surface area contributed by atoms with Crippen molar-refractivity contribution in [3.05, 3.63) is 90.0 Å². The summed E-state index contributed by atoms with van der Waals surface area (Å²) in [6.07, 6.45) is 1.57. The van der Waals surface area contributed by atoms with Crippen LogP contribution in [0.2, 0.25) is 0 Å². The first-order chi connectivity index (χ1) is 17.1. The minimum Gasteiger partial charge on any atom is -0.323 e. The predicted octanol–water partition coefficient (Wildman–Crippen LogP) is 5.84. The molecule has 0 bridgehead atoms. The van der Waals surface area contributed by atoms with Crippen LogP contribution in [0.3, 0.4) is 0 Å². The van der Waals surface area contributed by atoms with E-state index in [0.717, 1.165) is 22.3 Å². The monoisotopic (exact) mass is 501 g/mol. The highest BCUT2D eigenvalue weighted by Gasteiger charge is 2.14. The van der Waals surface area contributed by atoms with Crippen LogP contribution in [-0.2, 0) is 14.8 Å². The molecule has 0 unspecified atom stereocenters. The van der Waals surface area contributed by atoms with Crippen LogP contribution >= 0.6 is 0 Å². The number of benzene rings is 3. The van der Waals surface area contributed by atoms with Gasteiger partial charge in [0.1, 0.15) is 0 Å². The summed E-state index contributed by atoms with van der Waals surface area (Å²) in [6, 6.07) is 23.4. The van der Waals surface area contributed by atoms with Gasteiger partial charge in [0.15, 0.2) is 0 Å². The van der Waals surface area contributed by atoms with Gasteiger partial charge in [0.25, 0.3) is 0 Å². The maximum Gasteiger partial charge on any atom is 0.248 e. The van der Waals surface area contributed by atoms with Crippen molar-refractivity contribution in [1.29, 1.82) is 5.26 Å². The lowest BCUT2D eigenvalue weighted by molar-refractivity contribution is -0.111. The number of allylic oxidation sites excluding steroid dienone is 1. The van der Waals surface area contributed by atoms with Gasteiger partial charge in [-0.1, -0.05) is 64.1 Å². The third-order valence-electron chi connectivity index (χ3n) is 5.57. The molecule has 3 aromatic rings. The van der Waals surface area contributed by atoms with E-state index in [4.69, 9.17) is 0 Å². The zero-order chi connectivity index (χ0) is 26.3. The summed E-state index contributed by atoms with van der Waals surface area (Å²) in [7, 11) is -3.53. The van der Waals surface area contributed by atoms with Gasteiger partial charge in [-0.2, -0.15) is 5.26 Å². The van der Waals surface area contributed by atoms with Crippen LogP contribution in [0.15, 0.2) is 83.8 Å². The molecule has 0 aliphatic carbocycles. The molecule has 3 rings (SSSR count). The molecule has 0 heterocycles. The molecular formula is C29H31N3O3S. The third-order valence-corrected chi connectivity index (χ3v) is 7.01. The van der Waals surface area contributed by atoms with Crippen molar-refractivity contribution >= 4 is 27.2 Å². The van der Waals surface area contributed by atoms with Gasteiger partial charge >= 0.3 is 0 Å². The van der Waals surface area contributed by atoms with Crippen LogP contribution < -0.4 is 10.0 Å². The Hall–Kier alpha value is -3.73. The van der Waals surface area contributed by atoms with E-state index >= 15 is 0 Å². The van der Waals surface area contributed by atoms with Crippen LogP contribution in [0, 0.1) is 23.2 Å². The second kappa shape index (κ2) is 11.8. The van der Waals surface area contributed by atoms with E-state index < -0.39 is 10.0 Å². The Labute approximate surface area is 213 Å². The minimum atomic E-state index is -3.53. The molecule has 2 N–H and O–H groups in total. The summed E-state index contributed by atoms with van der Waals surface area (Å²) in [5.74, 6) is 0.0666. The molecule has 0 aliphatic heterocycles. The Morgan fingerprint density at radius 1 is 0.944 bits per heavy atom. The third kappa shape index (κ3) is 7.14. The normalized spacial score (nSPS) is 12.0. The van der Waals surface area contributed by atoms with Crippen LogP contribution in [0.4, 0.5) is 5.69 Å². The number of hydrogen-bond donors (Lipinski definition) is 2. The average Bonchev–Trinajstić information content (AvgIpc) is 2.86. The SMILES string of the molecule is CC(C)CNS(=O)(=O)c1ccc(-c2ccc(NC(=O)/C=C(/c3cccc(C#N)c3)C(C)C)cc2)cc1. The number of rotatable bonds is 9. The lowest BCUT2D eigenvalue weighted by Gasteiger charge is -2.13. The topological polar surface area (TPSA) is 99.1 Å². The van der Waals surface area contributed by atoms with Gasteiger partial charge in [-0.15, -0.1) is 0 Å². The van der Waals surface area contributed by atoms with E-state index in [2.05, 4.69) is 16.1 Å². The van der Waals surface area contributed by atoms with Crippen molar-refractivity contribution in [1.82, 2.24) is 4.72 Å². The highest BCUT2D eigenvalue weighted by Crippen LogP contribution is 2.25. The van der Waals surface area contributed by atoms with E-state index in [-0.39, 0.29) is 22.6 Å². The second-order valence-corrected chi connectivity index (χ2v) is 11.1. The number of nitrogens with zero attached hydrogens (tertiary/aromatic N) is 1. The summed E-state index contributed by atoms with van der Waals surface area (Å²) in [5, 5.41) is 12.1. The van der Waals surface area contributed by atoms with Crippen molar-refractivity contribution in [2.24, 2.45) is 11.8 Å². The molecule has 36 heavy (non-hydrogen) atoms. The van der Waals surface area contributed by atoms with E-state index in [1.807, 2.05) is 52.0 Å². The lowest BCUT2D eigenvalue weighted by Crippen LogP contribution is -2.27. The summed E-state index contributed by atoms with van der Waals surface area (Å²) < 4.78 is 27.4. The molecule has 0 aromatic heterocycles. The Bertz CT molecular complexity index is 1380. The fourth-order valence-corrected chi connectivity index (χ4v) is 4.82. The number of sulfonamides is 1. The Kier molecular flexibility index (Phi) is 8.81. The standard InChI is InChI=1S/C29H31N3O3S/c1-20(2)19-31-36(34,35)27-14-10-24(11-15-27)23-8-12-26(13-9-23)32-29(33)17-28(21(3)4)25-7-5-6-22(16-25)18-30/h5-17,20-21,31H,19H2,1-4H3,(H,32,33)/b28-17+. The average molecular weight is 502 g/mol. The summed E-state index contributed by atoms with van der Waals surface area (Å²) >= 11 is 0. The molecule has 1 amide bonds. The van der Waals surface area contributed by atoms with Crippen molar-refractivity contribution in [3.63, 3.8) is 0 Å². The molecule has 0 spiro atoms. The minimum absolute atomic E-state index is 0.0967. The molecule has 186 valence electrons. The molecule has 6 nitrogen and oxygen atoms in total. The molecule has 3 aromatic carbocycles. The van der Waals surface area contributed by atoms with Gasteiger partial charge in [0, 0.05) is 18.3 Å². The number of anilines is 1. The molecule has 0 atom stereocenters. The van der Waals surface area contributed by atoms with E-state index in [9.17, 15) is 18.5 Å². The Balaban J connectivity index is 1.72. The molecular weight excluding hydrogens is 470 g/mol. The largest absolute Gasteiger partial charge is 0.323 e. The number of nitriles is 1. The molecule has 7 heteroatoms. The van der Waals surface area contributed by atoms with Crippen molar-refractivity contribution in [2.45, 2.75) is 32.6 Å². The van der Waals surface area contributed by atoms with Crippen molar-refractivity contribution < 1.29 is 13.2 Å². The van der Waals surface area contributed by atoms with Gasteiger partial charge in [-0.3, -0.25) is 4.79 Å². The number of hydrogen-bond acceptors (Lipinski definition) is 4. The van der Waals surface area contributed by atoms with Crippen molar-refractivity contribution in [3.8, 4) is 17.2 Å². The first-order valence-corrected chi connectivity index (χ1v) is 13.3. The Morgan fingerprint density at radius 3 is 2.11 bits per heavy atom. The first kappa shape index (κ1) is 26.9. The lowest BCUT2D eigenvalue weighted by atomic mass is 9.93. The second-order valence-electron chi connectivity index (χ2n) is 9.28. The Morgan fingerprint density at radius 2 is 1.56 bits per heavy atom. The molecule has 0 radical (unpaired) electrons. The maximum absolute atomic E-state index is 12.7. The highest BCUT2D eigenvalue weighted by atomic mass is 32.2. The van der Waals surface area contributed by atoms with Gasteiger partial charge in [-0.25, -0.2) is 13.1 Å². The first-order valence-electron chi connectivity index (χ1n) is 11.8. The molecule has 0 fully saturated rings. The number of carbonyl (C=O) groups excluding carboxylic acids is 1. The smallest absolute Gasteiger partial charge is 0.248 e. The molecule has 0 aliphatic rings.